The summed E-state index contributed by atoms with van der Waals surface area (Å²) in [5.41, 5.74) is 6.80. The molecule has 11 nitrogen and oxygen atoms in total. The number of anilines is 1. The van der Waals surface area contributed by atoms with Gasteiger partial charge in [0.05, 0.1) is 26.9 Å². The van der Waals surface area contributed by atoms with Crippen molar-refractivity contribution >= 4 is 58.9 Å². The fourth-order valence-corrected chi connectivity index (χ4v) is 7.28. The Bertz CT molecular complexity index is 2470. The lowest BCUT2D eigenvalue weighted by Crippen LogP contribution is -2.06. The van der Waals surface area contributed by atoms with Crippen LogP contribution in [0.2, 0.25) is 5.02 Å². The third kappa shape index (κ3) is 8.84. The minimum Gasteiger partial charge on any atom is -0.381 e. The van der Waals surface area contributed by atoms with Gasteiger partial charge in [0.25, 0.3) is 30.4 Å². The van der Waals surface area contributed by atoms with Crippen molar-refractivity contribution in [3.63, 3.8) is 0 Å². The minimum atomic E-state index is -4.51. The van der Waals surface area contributed by atoms with Gasteiger partial charge in [-0.3, -0.25) is 18.7 Å². The normalized spacial score (nSPS) is 15.6. The lowest BCUT2D eigenvalue weighted by Gasteiger charge is -2.19. The van der Waals surface area contributed by atoms with Gasteiger partial charge in [0, 0.05) is 22.8 Å². The van der Waals surface area contributed by atoms with E-state index in [1.54, 1.807) is 18.2 Å². The van der Waals surface area contributed by atoms with Crippen molar-refractivity contribution in [3.8, 4) is 0 Å². The van der Waals surface area contributed by atoms with Crippen LogP contribution < -0.4 is 5.32 Å². The van der Waals surface area contributed by atoms with Gasteiger partial charge in [0.2, 0.25) is 0 Å². The Morgan fingerprint density at radius 1 is 0.720 bits per heavy atom. The molecule has 4 aromatic carbocycles. The molecule has 0 unspecified atom stereocenters. The van der Waals surface area contributed by atoms with E-state index in [0.717, 1.165) is 28.0 Å². The van der Waals surface area contributed by atoms with Crippen LogP contribution >= 0.6 is 11.6 Å². The Balaban J connectivity index is 1.51. The first kappa shape index (κ1) is 36.9. The van der Waals surface area contributed by atoms with E-state index in [2.05, 4.69) is 10.3 Å². The maximum Gasteiger partial charge on any atom is 0.294 e. The fraction of sp³-hybridized carbons (Fsp3) is 0.114. The molecule has 0 amide bonds. The number of hydrogen-bond donors (Lipinski definition) is 4. The molecule has 0 saturated carbocycles. The molecule has 0 spiro atoms. The van der Waals surface area contributed by atoms with Gasteiger partial charge in [-0.1, -0.05) is 54.1 Å². The molecule has 0 radical (unpaired) electrons. The van der Waals surface area contributed by atoms with Crippen LogP contribution in [0.5, 0.6) is 0 Å². The average Bonchev–Trinajstić information content (AvgIpc) is 3.04. The number of aliphatic imine (C=N–C) groups is 1. The molecule has 1 aliphatic rings. The Morgan fingerprint density at radius 2 is 1.32 bits per heavy atom. The van der Waals surface area contributed by atoms with Crippen molar-refractivity contribution in [2.75, 3.05) is 5.32 Å². The molecular weight excluding hydrogens is 724 g/mol. The van der Waals surface area contributed by atoms with Crippen molar-refractivity contribution in [1.82, 2.24) is 0 Å². The van der Waals surface area contributed by atoms with Crippen LogP contribution in [0.15, 0.2) is 134 Å². The number of aryl methyl sites for hydroxylation is 1. The molecule has 0 saturated heterocycles. The number of rotatable bonds is 10. The van der Waals surface area contributed by atoms with Crippen LogP contribution in [0.4, 0.5) is 5.69 Å². The zero-order valence-corrected chi connectivity index (χ0v) is 29.8. The first-order valence-corrected chi connectivity index (χ1v) is 19.5. The molecule has 1 aliphatic carbocycles. The van der Waals surface area contributed by atoms with E-state index in [9.17, 15) is 38.9 Å². The standard InChI is InChI=1S/C35H31ClN2O9S3/c1-22-15-26(9-13-33(22)37-20-24-5-3-7-28(17-24)48(39,40)41)35(31-12-11-30(19-32(31)36)50(45,46)47)27-10-14-34(23(2)16-27)38-21-25-6-4-8-29(18-25)49(42,43)44/h3-19,37H,20-21H2,1-2H3,(H,39,40,41)(H,42,43,44)(H,45,46,47). The predicted octanol–water partition coefficient (Wildman–Crippen LogP) is 6.96. The zero-order chi connectivity index (χ0) is 36.4. The lowest BCUT2D eigenvalue weighted by molar-refractivity contribution is 0.481. The summed E-state index contributed by atoms with van der Waals surface area (Å²) in [7, 11) is -13.2. The monoisotopic (exact) mass is 754 g/mol. The number of nitrogens with zero attached hydrogens (tertiary/aromatic N) is 1. The maximum absolute atomic E-state index is 11.8. The molecule has 5 rings (SSSR count). The predicted molar refractivity (Wildman–Crippen MR) is 192 cm³/mol. The van der Waals surface area contributed by atoms with E-state index in [0.29, 0.717) is 28.0 Å². The van der Waals surface area contributed by atoms with Crippen molar-refractivity contribution in [1.29, 1.82) is 0 Å². The van der Waals surface area contributed by atoms with Crippen molar-refractivity contribution in [2.24, 2.45) is 4.99 Å². The van der Waals surface area contributed by atoms with E-state index < -0.39 is 30.4 Å². The van der Waals surface area contributed by atoms with Gasteiger partial charge in [-0.05, 0) is 114 Å². The second-order valence-corrected chi connectivity index (χ2v) is 16.1. The van der Waals surface area contributed by atoms with Gasteiger partial charge in [-0.25, -0.2) is 0 Å². The van der Waals surface area contributed by atoms with Crippen LogP contribution in [0, 0.1) is 6.92 Å². The largest absolute Gasteiger partial charge is 0.381 e. The third-order valence-electron chi connectivity index (χ3n) is 7.82. The number of nitrogens with one attached hydrogen (secondary N) is 1. The Hall–Kier alpha value is -4.41. The van der Waals surface area contributed by atoms with Crippen LogP contribution in [0.25, 0.3) is 5.57 Å². The second-order valence-electron chi connectivity index (χ2n) is 11.4. The summed E-state index contributed by atoms with van der Waals surface area (Å²) in [6, 6.07) is 21.4. The highest BCUT2D eigenvalue weighted by atomic mass is 35.5. The molecule has 4 aromatic rings. The van der Waals surface area contributed by atoms with Crippen molar-refractivity contribution < 1.29 is 38.9 Å². The fourth-order valence-electron chi connectivity index (χ4n) is 5.34. The summed E-state index contributed by atoms with van der Waals surface area (Å²) in [5, 5.41) is 3.36. The van der Waals surface area contributed by atoms with Gasteiger partial charge in [-0.2, -0.15) is 25.3 Å². The molecule has 0 aliphatic heterocycles. The summed E-state index contributed by atoms with van der Waals surface area (Å²) in [5.74, 6) is 0. The molecular formula is C35H31ClN2O9S3. The van der Waals surface area contributed by atoms with Crippen LogP contribution in [-0.4, -0.2) is 44.6 Å². The summed E-state index contributed by atoms with van der Waals surface area (Å²) in [6.45, 7) is 4.16. The van der Waals surface area contributed by atoms with Crippen LogP contribution in [0.3, 0.4) is 0 Å². The second kappa shape index (κ2) is 14.4. The number of halogens is 1. The maximum atomic E-state index is 11.8. The van der Waals surface area contributed by atoms with Crippen molar-refractivity contribution in [2.45, 2.75) is 41.6 Å². The Kier molecular flexibility index (Phi) is 10.6. The molecule has 4 N–H and O–H groups in total. The van der Waals surface area contributed by atoms with Crippen LogP contribution in [-0.2, 0) is 43.4 Å². The Morgan fingerprint density at radius 3 is 1.90 bits per heavy atom. The molecule has 0 heterocycles. The first-order valence-electron chi connectivity index (χ1n) is 14.8. The van der Waals surface area contributed by atoms with Gasteiger partial charge in [-0.15, -0.1) is 0 Å². The highest BCUT2D eigenvalue weighted by Gasteiger charge is 2.20. The number of allylic oxidation sites excluding steroid dienone is 5. The van der Waals surface area contributed by atoms with E-state index >= 15 is 0 Å². The summed E-state index contributed by atoms with van der Waals surface area (Å²) < 4.78 is 98.2. The Labute approximate surface area is 295 Å². The third-order valence-corrected chi connectivity index (χ3v) is 10.7. The smallest absolute Gasteiger partial charge is 0.294 e. The summed E-state index contributed by atoms with van der Waals surface area (Å²) in [6.07, 6.45) is 5.51. The lowest BCUT2D eigenvalue weighted by atomic mass is 9.88. The molecule has 15 heteroatoms. The van der Waals surface area contributed by atoms with Gasteiger partial charge in [0.15, 0.2) is 0 Å². The summed E-state index contributed by atoms with van der Waals surface area (Å²) >= 11 is 6.65. The molecule has 0 fully saturated rings. The first-order chi connectivity index (χ1) is 23.4. The topological polar surface area (TPSA) is 187 Å². The van der Waals surface area contributed by atoms with Crippen molar-refractivity contribution in [3.05, 3.63) is 147 Å². The molecule has 50 heavy (non-hydrogen) atoms. The van der Waals surface area contributed by atoms with Gasteiger partial charge < -0.3 is 5.32 Å². The summed E-state index contributed by atoms with van der Waals surface area (Å²) in [4.78, 5) is 3.84. The van der Waals surface area contributed by atoms with Gasteiger partial charge in [0.1, 0.15) is 0 Å². The SMILES string of the molecule is CC1=CC(=C(c2ccc(NCc3cccc(S(=O)(=O)O)c3)c(C)c2)c2ccc(S(=O)(=O)O)cc2Cl)C=CC1=NCc1cccc(S(=O)(=O)O)c1. The van der Waals surface area contributed by atoms with E-state index in [1.807, 2.05) is 44.2 Å². The number of benzene rings is 4. The van der Waals surface area contributed by atoms with E-state index in [-0.39, 0.29) is 32.8 Å². The minimum absolute atomic E-state index is 0.0823. The molecule has 0 atom stereocenters. The van der Waals surface area contributed by atoms with Gasteiger partial charge >= 0.3 is 0 Å². The van der Waals surface area contributed by atoms with E-state index in [4.69, 9.17) is 11.6 Å². The zero-order valence-electron chi connectivity index (χ0n) is 26.6. The highest BCUT2D eigenvalue weighted by molar-refractivity contribution is 7.86. The molecule has 0 aromatic heterocycles. The molecule has 0 bridgehead atoms. The average molecular weight is 755 g/mol. The highest BCUT2D eigenvalue weighted by Crippen LogP contribution is 2.37. The quantitative estimate of drug-likeness (QED) is 0.123. The molecule has 260 valence electrons. The van der Waals surface area contributed by atoms with Crippen LogP contribution in [0.1, 0.15) is 34.7 Å². The van der Waals surface area contributed by atoms with E-state index in [1.165, 1.54) is 54.6 Å². The number of hydrogen-bond acceptors (Lipinski definition) is 8.